The lowest BCUT2D eigenvalue weighted by Gasteiger charge is -2.24. The number of benzene rings is 1. The zero-order valence-corrected chi connectivity index (χ0v) is 13.0. The van der Waals surface area contributed by atoms with Crippen molar-refractivity contribution in [3.8, 4) is 11.8 Å². The topological polar surface area (TPSA) is 23.5 Å². The molecule has 0 saturated carbocycles. The zero-order valence-electron chi connectivity index (χ0n) is 12.2. The molecule has 1 N–H and O–H groups in total. The molecule has 0 radical (unpaired) electrons. The van der Waals surface area contributed by atoms with Crippen LogP contribution in [-0.2, 0) is 13.0 Å². The van der Waals surface area contributed by atoms with Crippen LogP contribution in [0.1, 0.15) is 28.7 Å². The third kappa shape index (κ3) is 3.12. The number of aliphatic hydroxyl groups excluding tert-OH is 1. The maximum atomic E-state index is 8.76. The standard InChI is InChI=1S/C18H19NOS/c1-14-12-15-6-2-3-8-18(15)19(14)13-17-10-9-16(21-17)7-4-5-11-20/h2-3,6,8-10,14,20H,5,11-13H2,1H3. The summed E-state index contributed by atoms with van der Waals surface area (Å²) >= 11 is 1.75. The highest BCUT2D eigenvalue weighted by Gasteiger charge is 2.25. The van der Waals surface area contributed by atoms with Gasteiger partial charge in [-0.15, -0.1) is 11.3 Å². The number of para-hydroxylation sites is 1. The molecule has 0 bridgehead atoms. The van der Waals surface area contributed by atoms with Crippen molar-refractivity contribution in [2.45, 2.75) is 32.4 Å². The summed E-state index contributed by atoms with van der Waals surface area (Å²) in [5.74, 6) is 6.09. The third-order valence-electron chi connectivity index (χ3n) is 3.78. The van der Waals surface area contributed by atoms with Crippen molar-refractivity contribution in [2.24, 2.45) is 0 Å². The second kappa shape index (κ2) is 6.34. The molecule has 1 unspecified atom stereocenters. The number of fused-ring (bicyclic) bond motifs is 1. The molecule has 2 heterocycles. The van der Waals surface area contributed by atoms with Crippen LogP contribution in [0, 0.1) is 11.8 Å². The first kappa shape index (κ1) is 14.2. The molecule has 21 heavy (non-hydrogen) atoms. The number of thiophene rings is 1. The van der Waals surface area contributed by atoms with E-state index in [0.717, 1.165) is 17.8 Å². The molecule has 2 aromatic rings. The molecular weight excluding hydrogens is 278 g/mol. The molecule has 3 heteroatoms. The molecule has 1 aliphatic heterocycles. The lowest BCUT2D eigenvalue weighted by Crippen LogP contribution is -2.28. The van der Waals surface area contributed by atoms with Crippen molar-refractivity contribution in [3.63, 3.8) is 0 Å². The van der Waals surface area contributed by atoms with E-state index in [2.05, 4.69) is 60.1 Å². The summed E-state index contributed by atoms with van der Waals surface area (Å²) in [6.45, 7) is 3.37. The fourth-order valence-corrected chi connectivity index (χ4v) is 3.66. The highest BCUT2D eigenvalue weighted by Crippen LogP contribution is 2.33. The summed E-state index contributed by atoms with van der Waals surface area (Å²) in [6, 6.07) is 13.5. The van der Waals surface area contributed by atoms with Crippen LogP contribution in [0.25, 0.3) is 0 Å². The van der Waals surface area contributed by atoms with Crippen LogP contribution in [-0.4, -0.2) is 17.8 Å². The van der Waals surface area contributed by atoms with Gasteiger partial charge < -0.3 is 10.0 Å². The molecule has 0 spiro atoms. The predicted octanol–water partition coefficient (Wildman–Crippen LogP) is 3.43. The van der Waals surface area contributed by atoms with Gasteiger partial charge in [0.05, 0.1) is 18.0 Å². The van der Waals surface area contributed by atoms with Crippen LogP contribution in [0.2, 0.25) is 0 Å². The quantitative estimate of drug-likeness (QED) is 0.877. The Morgan fingerprint density at radius 2 is 2.14 bits per heavy atom. The van der Waals surface area contributed by atoms with E-state index in [1.807, 2.05) is 0 Å². The van der Waals surface area contributed by atoms with Gasteiger partial charge in [0.1, 0.15) is 0 Å². The van der Waals surface area contributed by atoms with E-state index in [1.54, 1.807) is 11.3 Å². The Morgan fingerprint density at radius 3 is 3.00 bits per heavy atom. The highest BCUT2D eigenvalue weighted by molar-refractivity contribution is 7.12. The Morgan fingerprint density at radius 1 is 1.29 bits per heavy atom. The molecule has 108 valence electrons. The van der Waals surface area contributed by atoms with E-state index in [-0.39, 0.29) is 6.61 Å². The fourth-order valence-electron chi connectivity index (χ4n) is 2.77. The van der Waals surface area contributed by atoms with Crippen LogP contribution in [0.4, 0.5) is 5.69 Å². The molecule has 3 rings (SSSR count). The summed E-state index contributed by atoms with van der Waals surface area (Å²) in [4.78, 5) is 4.90. The van der Waals surface area contributed by atoms with Crippen molar-refractivity contribution in [2.75, 3.05) is 11.5 Å². The summed E-state index contributed by atoms with van der Waals surface area (Å²) in [7, 11) is 0. The van der Waals surface area contributed by atoms with Crippen molar-refractivity contribution in [1.82, 2.24) is 0 Å². The number of anilines is 1. The normalized spacial score (nSPS) is 16.5. The number of hydrogen-bond donors (Lipinski definition) is 1. The maximum absolute atomic E-state index is 8.76. The van der Waals surface area contributed by atoms with Gasteiger partial charge in [0.25, 0.3) is 0 Å². The van der Waals surface area contributed by atoms with Crippen molar-refractivity contribution in [1.29, 1.82) is 0 Å². The first-order chi connectivity index (χ1) is 10.3. The average Bonchev–Trinajstić information content (AvgIpc) is 3.05. The summed E-state index contributed by atoms with van der Waals surface area (Å²) < 4.78 is 0. The molecule has 1 aromatic carbocycles. The van der Waals surface area contributed by atoms with E-state index in [4.69, 9.17) is 5.11 Å². The average molecular weight is 297 g/mol. The van der Waals surface area contributed by atoms with E-state index in [0.29, 0.717) is 12.5 Å². The first-order valence-electron chi connectivity index (χ1n) is 7.31. The van der Waals surface area contributed by atoms with Crippen LogP contribution >= 0.6 is 11.3 Å². The fraction of sp³-hybridized carbons (Fsp3) is 0.333. The second-order valence-corrected chi connectivity index (χ2v) is 6.52. The van der Waals surface area contributed by atoms with Crippen LogP contribution in [0.5, 0.6) is 0 Å². The van der Waals surface area contributed by atoms with Crippen LogP contribution in [0.15, 0.2) is 36.4 Å². The molecule has 0 saturated heterocycles. The van der Waals surface area contributed by atoms with Gasteiger partial charge in [-0.1, -0.05) is 30.0 Å². The largest absolute Gasteiger partial charge is 0.395 e. The van der Waals surface area contributed by atoms with Gasteiger partial charge in [-0.3, -0.25) is 0 Å². The van der Waals surface area contributed by atoms with Crippen molar-refractivity contribution in [3.05, 3.63) is 51.7 Å². The van der Waals surface area contributed by atoms with Gasteiger partial charge in [-0.2, -0.15) is 0 Å². The van der Waals surface area contributed by atoms with Gasteiger partial charge in [0.2, 0.25) is 0 Å². The first-order valence-corrected chi connectivity index (χ1v) is 8.12. The minimum atomic E-state index is 0.132. The molecule has 1 aliphatic rings. The molecule has 0 amide bonds. The summed E-state index contributed by atoms with van der Waals surface area (Å²) in [6.07, 6.45) is 1.68. The van der Waals surface area contributed by atoms with Gasteiger partial charge in [0.15, 0.2) is 0 Å². The Hall–Kier alpha value is -1.76. The number of rotatable bonds is 3. The van der Waals surface area contributed by atoms with Gasteiger partial charge in [0, 0.05) is 23.0 Å². The van der Waals surface area contributed by atoms with E-state index in [9.17, 15) is 0 Å². The minimum Gasteiger partial charge on any atom is -0.395 e. The SMILES string of the molecule is CC1Cc2ccccc2N1Cc1ccc(C#CCCO)s1. The predicted molar refractivity (Wildman–Crippen MR) is 88.7 cm³/mol. The molecular formula is C18H19NOS. The lowest BCUT2D eigenvalue weighted by atomic mass is 10.1. The molecule has 0 aliphatic carbocycles. The monoisotopic (exact) mass is 297 g/mol. The number of hydrogen-bond acceptors (Lipinski definition) is 3. The molecule has 1 atom stereocenters. The Kier molecular flexibility index (Phi) is 4.28. The van der Waals surface area contributed by atoms with E-state index in [1.165, 1.54) is 16.1 Å². The highest BCUT2D eigenvalue weighted by atomic mass is 32.1. The van der Waals surface area contributed by atoms with Crippen LogP contribution < -0.4 is 4.90 Å². The van der Waals surface area contributed by atoms with Crippen LogP contribution in [0.3, 0.4) is 0 Å². The molecule has 0 fully saturated rings. The molecule has 2 nitrogen and oxygen atoms in total. The van der Waals surface area contributed by atoms with Gasteiger partial charge in [-0.05, 0) is 37.1 Å². The smallest absolute Gasteiger partial charge is 0.0772 e. The number of nitrogens with zero attached hydrogens (tertiary/aromatic N) is 1. The number of aliphatic hydroxyl groups is 1. The van der Waals surface area contributed by atoms with E-state index < -0.39 is 0 Å². The Labute approximate surface area is 130 Å². The summed E-state index contributed by atoms with van der Waals surface area (Å²) in [5, 5.41) is 8.76. The lowest BCUT2D eigenvalue weighted by molar-refractivity contribution is 0.305. The zero-order chi connectivity index (χ0) is 14.7. The van der Waals surface area contributed by atoms with E-state index >= 15 is 0 Å². The Bertz CT molecular complexity index is 680. The maximum Gasteiger partial charge on any atom is 0.0772 e. The Balaban J connectivity index is 1.74. The van der Waals surface area contributed by atoms with Gasteiger partial charge >= 0.3 is 0 Å². The van der Waals surface area contributed by atoms with Crippen molar-refractivity contribution >= 4 is 17.0 Å². The second-order valence-electron chi connectivity index (χ2n) is 5.35. The third-order valence-corrected chi connectivity index (χ3v) is 4.77. The van der Waals surface area contributed by atoms with Crippen molar-refractivity contribution < 1.29 is 5.11 Å². The minimum absolute atomic E-state index is 0.132. The molecule has 1 aromatic heterocycles. The summed E-state index contributed by atoms with van der Waals surface area (Å²) in [5.41, 5.74) is 2.82. The van der Waals surface area contributed by atoms with Gasteiger partial charge in [-0.25, -0.2) is 0 Å².